The lowest BCUT2D eigenvalue weighted by atomic mass is 10.2. The normalized spacial score (nSPS) is 10.3. The molecule has 2 rings (SSSR count). The number of aromatic nitrogens is 1. The lowest BCUT2D eigenvalue weighted by Crippen LogP contribution is -2.14. The van der Waals surface area contributed by atoms with E-state index in [4.69, 9.17) is 17.3 Å². The molecule has 104 valence electrons. The Hall–Kier alpha value is -1.72. The largest absolute Gasteiger partial charge is 0.398 e. The zero-order chi connectivity index (χ0) is 14.5. The summed E-state index contributed by atoms with van der Waals surface area (Å²) >= 11 is 7.26. The van der Waals surface area contributed by atoms with E-state index >= 15 is 0 Å². The Morgan fingerprint density at radius 2 is 2.25 bits per heavy atom. The summed E-state index contributed by atoms with van der Waals surface area (Å²) in [5.41, 5.74) is 8.19. The van der Waals surface area contributed by atoms with E-state index in [2.05, 4.69) is 10.3 Å². The number of nitrogens with two attached hydrogens (primary N) is 1. The minimum Gasteiger partial charge on any atom is -0.398 e. The van der Waals surface area contributed by atoms with Crippen LogP contribution in [-0.4, -0.2) is 16.6 Å². The highest BCUT2D eigenvalue weighted by Gasteiger charge is 2.08. The first kappa shape index (κ1) is 14.7. The fourth-order valence-electron chi connectivity index (χ4n) is 1.61. The predicted octanol–water partition coefficient (Wildman–Crippen LogP) is 3.36. The van der Waals surface area contributed by atoms with Crippen molar-refractivity contribution in [3.05, 3.63) is 47.2 Å². The fraction of sp³-hybridized carbons (Fsp3) is 0.143. The van der Waals surface area contributed by atoms with E-state index in [1.54, 1.807) is 18.3 Å². The van der Waals surface area contributed by atoms with E-state index < -0.39 is 0 Å². The Bertz CT molecular complexity index is 634. The molecule has 3 N–H and O–H groups in total. The van der Waals surface area contributed by atoms with Gasteiger partial charge in [-0.2, -0.15) is 0 Å². The number of nitrogens with one attached hydrogen (secondary N) is 1. The fourth-order valence-corrected chi connectivity index (χ4v) is 2.52. The third kappa shape index (κ3) is 3.88. The summed E-state index contributed by atoms with van der Waals surface area (Å²) in [7, 11) is 0. The average Bonchev–Trinajstić information content (AvgIpc) is 2.40. The Kier molecular flexibility index (Phi) is 4.87. The van der Waals surface area contributed by atoms with E-state index in [1.165, 1.54) is 11.8 Å². The maximum Gasteiger partial charge on any atom is 0.234 e. The molecule has 0 saturated heterocycles. The first-order valence-corrected chi connectivity index (χ1v) is 7.32. The molecule has 6 heteroatoms. The quantitative estimate of drug-likeness (QED) is 0.516. The van der Waals surface area contributed by atoms with Crippen molar-refractivity contribution in [2.45, 2.75) is 11.8 Å². The van der Waals surface area contributed by atoms with Gasteiger partial charge >= 0.3 is 0 Å². The smallest absolute Gasteiger partial charge is 0.234 e. The maximum atomic E-state index is 11.9. The molecule has 0 aliphatic rings. The van der Waals surface area contributed by atoms with Crippen LogP contribution in [0.4, 0.5) is 11.4 Å². The van der Waals surface area contributed by atoms with Crippen molar-refractivity contribution in [1.29, 1.82) is 0 Å². The van der Waals surface area contributed by atoms with Crippen LogP contribution >= 0.6 is 23.4 Å². The van der Waals surface area contributed by atoms with Gasteiger partial charge in [0, 0.05) is 16.8 Å². The molecule has 0 atom stereocenters. The van der Waals surface area contributed by atoms with Crippen LogP contribution in [0.3, 0.4) is 0 Å². The lowest BCUT2D eigenvalue weighted by Gasteiger charge is -2.08. The summed E-state index contributed by atoms with van der Waals surface area (Å²) in [6.07, 6.45) is 1.57. The van der Waals surface area contributed by atoms with Gasteiger partial charge in [-0.3, -0.25) is 4.79 Å². The van der Waals surface area contributed by atoms with Crippen molar-refractivity contribution in [1.82, 2.24) is 4.98 Å². The zero-order valence-corrected chi connectivity index (χ0v) is 12.5. The van der Waals surface area contributed by atoms with Gasteiger partial charge in [0.15, 0.2) is 5.15 Å². The molecule has 1 aromatic heterocycles. The number of pyridine rings is 1. The summed E-state index contributed by atoms with van der Waals surface area (Å²) in [5.74, 6) is 0.114. The topological polar surface area (TPSA) is 68.0 Å². The number of hydrogen-bond donors (Lipinski definition) is 2. The van der Waals surface area contributed by atoms with Gasteiger partial charge in [-0.05, 0) is 36.8 Å². The first-order valence-electron chi connectivity index (χ1n) is 5.95. The van der Waals surface area contributed by atoms with Crippen molar-refractivity contribution in [2.75, 3.05) is 16.8 Å². The third-order valence-corrected chi connectivity index (χ3v) is 3.95. The van der Waals surface area contributed by atoms with Gasteiger partial charge in [0.1, 0.15) is 0 Å². The number of benzene rings is 1. The molecule has 0 radical (unpaired) electrons. The number of hydrogen-bond acceptors (Lipinski definition) is 4. The number of amides is 1. The minimum absolute atomic E-state index is 0.148. The maximum absolute atomic E-state index is 11.9. The van der Waals surface area contributed by atoms with Gasteiger partial charge in [-0.25, -0.2) is 4.98 Å². The van der Waals surface area contributed by atoms with E-state index in [-0.39, 0.29) is 16.8 Å². The summed E-state index contributed by atoms with van der Waals surface area (Å²) < 4.78 is 0. The number of thioether (sulfide) groups is 1. The standard InChI is InChI=1S/C14H14ClN3OS/c1-9-4-5-12(10(16)7-9)20-8-13(19)18-11-3-2-6-17-14(11)15/h2-7H,8,16H2,1H3,(H,18,19). The van der Waals surface area contributed by atoms with Crippen LogP contribution in [0.25, 0.3) is 0 Å². The monoisotopic (exact) mass is 307 g/mol. The van der Waals surface area contributed by atoms with E-state index in [9.17, 15) is 4.79 Å². The van der Waals surface area contributed by atoms with Gasteiger partial charge in [0.2, 0.25) is 5.91 Å². The number of nitrogen functional groups attached to an aromatic ring is 1. The predicted molar refractivity (Wildman–Crippen MR) is 84.2 cm³/mol. The summed E-state index contributed by atoms with van der Waals surface area (Å²) in [6, 6.07) is 9.19. The number of carbonyl (C=O) groups excluding carboxylic acids is 1. The zero-order valence-electron chi connectivity index (χ0n) is 10.9. The van der Waals surface area contributed by atoms with Crippen LogP contribution in [0.5, 0.6) is 0 Å². The van der Waals surface area contributed by atoms with Gasteiger partial charge in [0.25, 0.3) is 0 Å². The van der Waals surface area contributed by atoms with Crippen LogP contribution < -0.4 is 11.1 Å². The highest BCUT2D eigenvalue weighted by molar-refractivity contribution is 8.00. The van der Waals surface area contributed by atoms with E-state index in [1.807, 2.05) is 25.1 Å². The Morgan fingerprint density at radius 1 is 1.45 bits per heavy atom. The Labute approximate surface area is 126 Å². The van der Waals surface area contributed by atoms with Crippen molar-refractivity contribution in [3.8, 4) is 0 Å². The molecule has 0 aliphatic carbocycles. The molecule has 0 saturated carbocycles. The van der Waals surface area contributed by atoms with Crippen molar-refractivity contribution >= 4 is 40.6 Å². The van der Waals surface area contributed by atoms with Crippen molar-refractivity contribution < 1.29 is 4.79 Å². The highest BCUT2D eigenvalue weighted by Crippen LogP contribution is 2.26. The molecule has 0 bridgehead atoms. The van der Waals surface area contributed by atoms with Crippen LogP contribution in [-0.2, 0) is 4.79 Å². The molecule has 1 amide bonds. The molecule has 0 fully saturated rings. The Morgan fingerprint density at radius 3 is 2.95 bits per heavy atom. The molecule has 1 aromatic carbocycles. The van der Waals surface area contributed by atoms with Crippen LogP contribution in [0.2, 0.25) is 5.15 Å². The van der Waals surface area contributed by atoms with Gasteiger partial charge in [-0.1, -0.05) is 17.7 Å². The highest BCUT2D eigenvalue weighted by atomic mass is 35.5. The summed E-state index contributed by atoms with van der Waals surface area (Å²) in [4.78, 5) is 16.6. The number of halogens is 1. The Balaban J connectivity index is 1.94. The number of aryl methyl sites for hydroxylation is 1. The summed E-state index contributed by atoms with van der Waals surface area (Å²) in [6.45, 7) is 1.97. The van der Waals surface area contributed by atoms with Crippen molar-refractivity contribution in [2.24, 2.45) is 0 Å². The molecule has 2 aromatic rings. The SMILES string of the molecule is Cc1ccc(SCC(=O)Nc2cccnc2Cl)c(N)c1. The number of anilines is 2. The number of carbonyl (C=O) groups is 1. The second-order valence-corrected chi connectivity index (χ2v) is 5.60. The molecular formula is C14H14ClN3OS. The van der Waals surface area contributed by atoms with Crippen LogP contribution in [0, 0.1) is 6.92 Å². The second-order valence-electron chi connectivity index (χ2n) is 4.22. The van der Waals surface area contributed by atoms with Crippen molar-refractivity contribution in [3.63, 3.8) is 0 Å². The number of nitrogens with zero attached hydrogens (tertiary/aromatic N) is 1. The molecule has 0 spiro atoms. The van der Waals surface area contributed by atoms with Gasteiger partial charge in [0.05, 0.1) is 11.4 Å². The second kappa shape index (κ2) is 6.63. The molecule has 0 unspecified atom stereocenters. The minimum atomic E-state index is -0.148. The lowest BCUT2D eigenvalue weighted by molar-refractivity contribution is -0.113. The average molecular weight is 308 g/mol. The molecule has 1 heterocycles. The van der Waals surface area contributed by atoms with E-state index in [0.717, 1.165) is 10.5 Å². The number of rotatable bonds is 4. The van der Waals surface area contributed by atoms with E-state index in [0.29, 0.717) is 11.4 Å². The molecular weight excluding hydrogens is 294 g/mol. The molecule has 20 heavy (non-hydrogen) atoms. The molecule has 0 aliphatic heterocycles. The van der Waals surface area contributed by atoms with Gasteiger partial charge in [-0.15, -0.1) is 11.8 Å². The van der Waals surface area contributed by atoms with Crippen LogP contribution in [0.15, 0.2) is 41.4 Å². The first-order chi connectivity index (χ1) is 9.56. The molecule has 4 nitrogen and oxygen atoms in total. The van der Waals surface area contributed by atoms with Gasteiger partial charge < -0.3 is 11.1 Å². The van der Waals surface area contributed by atoms with Crippen LogP contribution in [0.1, 0.15) is 5.56 Å². The summed E-state index contributed by atoms with van der Waals surface area (Å²) in [5, 5.41) is 2.99. The third-order valence-electron chi connectivity index (χ3n) is 2.56.